The number of carbonyl (C=O) groups is 1. The smallest absolute Gasteiger partial charge is 0.332 e. The number of hydrogen-bond acceptors (Lipinski definition) is 6. The second-order valence-corrected chi connectivity index (χ2v) is 6.41. The zero-order chi connectivity index (χ0) is 19.3. The zero-order valence-electron chi connectivity index (χ0n) is 15.5. The molecule has 0 aliphatic heterocycles. The largest absolute Gasteiger partial charge is 0.463 e. The molecule has 1 atom stereocenters. The van der Waals surface area contributed by atoms with E-state index in [-0.39, 0.29) is 24.7 Å². The maximum absolute atomic E-state index is 12.5. The highest BCUT2D eigenvalue weighted by atomic mass is 16.5. The number of esters is 1. The average Bonchev–Trinajstić information content (AvgIpc) is 2.99. The number of imidazole rings is 1. The maximum atomic E-state index is 12.5. The van der Waals surface area contributed by atoms with Crippen molar-refractivity contribution in [1.82, 2.24) is 18.7 Å². The van der Waals surface area contributed by atoms with Crippen molar-refractivity contribution in [1.29, 1.82) is 0 Å². The number of nitrogens with zero attached hydrogens (tertiary/aromatic N) is 4. The summed E-state index contributed by atoms with van der Waals surface area (Å²) in [4.78, 5) is 40.2. The second kappa shape index (κ2) is 8.79. The Hall–Kier alpha value is -2.42. The van der Waals surface area contributed by atoms with Gasteiger partial charge in [-0.25, -0.2) is 9.78 Å². The summed E-state index contributed by atoms with van der Waals surface area (Å²) in [5.41, 5.74) is -0.0228. The van der Waals surface area contributed by atoms with Gasteiger partial charge in [-0.05, 0) is 25.7 Å². The van der Waals surface area contributed by atoms with Crippen LogP contribution in [-0.2, 0) is 30.2 Å². The predicted octanol–water partition coefficient (Wildman–Crippen LogP) is 0.308. The number of hydrogen-bond donors (Lipinski definition) is 1. The summed E-state index contributed by atoms with van der Waals surface area (Å²) < 4.78 is 9.11. The van der Waals surface area contributed by atoms with E-state index >= 15 is 0 Å². The lowest BCUT2D eigenvalue weighted by Gasteiger charge is -2.12. The number of aryl methyl sites for hydroxylation is 2. The second-order valence-electron chi connectivity index (χ2n) is 6.41. The van der Waals surface area contributed by atoms with E-state index in [2.05, 4.69) is 4.98 Å². The van der Waals surface area contributed by atoms with Gasteiger partial charge in [0.1, 0.15) is 6.61 Å². The maximum Gasteiger partial charge on any atom is 0.332 e. The molecule has 2 aromatic heterocycles. The number of aliphatic hydroxyl groups excluding tert-OH is 1. The van der Waals surface area contributed by atoms with E-state index in [0.29, 0.717) is 43.3 Å². The number of unbranched alkanes of at least 4 members (excludes halogenated alkanes) is 1. The number of aliphatic hydroxyl groups is 1. The Morgan fingerprint density at radius 3 is 2.73 bits per heavy atom. The van der Waals surface area contributed by atoms with Crippen LogP contribution in [0.3, 0.4) is 0 Å². The van der Waals surface area contributed by atoms with Crippen LogP contribution in [0.25, 0.3) is 11.2 Å². The minimum absolute atomic E-state index is 0.0263. The Balaban J connectivity index is 1.92. The molecule has 0 aromatic carbocycles. The van der Waals surface area contributed by atoms with Crippen molar-refractivity contribution in [2.45, 2.75) is 51.7 Å². The first kappa shape index (κ1) is 19.9. The molecule has 0 bridgehead atoms. The third kappa shape index (κ3) is 4.40. The first-order chi connectivity index (χ1) is 12.4. The van der Waals surface area contributed by atoms with Crippen LogP contribution < -0.4 is 11.2 Å². The van der Waals surface area contributed by atoms with Gasteiger partial charge in [-0.3, -0.25) is 18.7 Å². The summed E-state index contributed by atoms with van der Waals surface area (Å²) in [5.74, 6) is -0.314. The normalized spacial score (nSPS) is 12.5. The predicted molar refractivity (Wildman–Crippen MR) is 95.9 cm³/mol. The van der Waals surface area contributed by atoms with Gasteiger partial charge < -0.3 is 14.4 Å². The SMILES string of the molecule is CCCC(=O)OCC(O)CCCCn1c(=O)c2c(ncn2C)n(C)c1=O. The van der Waals surface area contributed by atoms with Crippen molar-refractivity contribution >= 4 is 17.1 Å². The Morgan fingerprint density at radius 1 is 1.31 bits per heavy atom. The molecule has 0 fully saturated rings. The number of aromatic nitrogens is 4. The molecular weight excluding hydrogens is 340 g/mol. The summed E-state index contributed by atoms with van der Waals surface area (Å²) in [7, 11) is 3.30. The van der Waals surface area contributed by atoms with Crippen LogP contribution in [0, 0.1) is 0 Å². The van der Waals surface area contributed by atoms with Gasteiger partial charge in [0.25, 0.3) is 5.56 Å². The van der Waals surface area contributed by atoms with Gasteiger partial charge in [0.2, 0.25) is 0 Å². The number of rotatable bonds is 9. The van der Waals surface area contributed by atoms with Gasteiger partial charge in [-0.1, -0.05) is 6.92 Å². The third-order valence-corrected chi connectivity index (χ3v) is 4.26. The van der Waals surface area contributed by atoms with Gasteiger partial charge in [0.15, 0.2) is 11.2 Å². The molecular formula is C17H26N4O5. The molecule has 0 radical (unpaired) electrons. The molecule has 0 spiro atoms. The molecule has 0 amide bonds. The topological polar surface area (TPSA) is 108 Å². The van der Waals surface area contributed by atoms with Crippen LogP contribution in [0.4, 0.5) is 0 Å². The highest BCUT2D eigenvalue weighted by Gasteiger charge is 2.15. The lowest BCUT2D eigenvalue weighted by Crippen LogP contribution is -2.39. The molecule has 144 valence electrons. The van der Waals surface area contributed by atoms with Crippen molar-refractivity contribution in [3.63, 3.8) is 0 Å². The summed E-state index contributed by atoms with van der Waals surface area (Å²) >= 11 is 0. The van der Waals surface area contributed by atoms with Gasteiger partial charge >= 0.3 is 11.7 Å². The fraction of sp³-hybridized carbons (Fsp3) is 0.647. The van der Waals surface area contributed by atoms with E-state index in [0.717, 1.165) is 0 Å². The van der Waals surface area contributed by atoms with Crippen LogP contribution in [0.5, 0.6) is 0 Å². The van der Waals surface area contributed by atoms with Crippen molar-refractivity contribution in [3.05, 3.63) is 27.2 Å². The van der Waals surface area contributed by atoms with Crippen LogP contribution in [0.2, 0.25) is 0 Å². The Bertz CT molecular complexity index is 880. The van der Waals surface area contributed by atoms with Crippen LogP contribution >= 0.6 is 0 Å². The molecule has 2 rings (SSSR count). The lowest BCUT2D eigenvalue weighted by atomic mass is 10.1. The number of carbonyl (C=O) groups excluding carboxylic acids is 1. The quantitative estimate of drug-likeness (QED) is 0.505. The Kier molecular flexibility index (Phi) is 6.73. The number of fused-ring (bicyclic) bond motifs is 1. The van der Waals surface area contributed by atoms with E-state index in [1.165, 1.54) is 15.5 Å². The molecule has 1 unspecified atom stereocenters. The third-order valence-electron chi connectivity index (χ3n) is 4.26. The highest BCUT2D eigenvalue weighted by Crippen LogP contribution is 2.06. The van der Waals surface area contributed by atoms with Crippen molar-refractivity contribution in [2.24, 2.45) is 14.1 Å². The molecule has 0 saturated carbocycles. The molecule has 26 heavy (non-hydrogen) atoms. The minimum atomic E-state index is -0.741. The van der Waals surface area contributed by atoms with Crippen molar-refractivity contribution in [3.8, 4) is 0 Å². The van der Waals surface area contributed by atoms with Crippen molar-refractivity contribution < 1.29 is 14.6 Å². The summed E-state index contributed by atoms with van der Waals surface area (Å²) in [6.07, 6.45) is 3.41. The molecule has 9 heteroatoms. The summed E-state index contributed by atoms with van der Waals surface area (Å²) in [6, 6.07) is 0. The van der Waals surface area contributed by atoms with Gasteiger partial charge in [-0.2, -0.15) is 0 Å². The van der Waals surface area contributed by atoms with Crippen LogP contribution in [0.1, 0.15) is 39.0 Å². The Labute approximate surface area is 150 Å². The fourth-order valence-electron chi connectivity index (χ4n) is 2.79. The van der Waals surface area contributed by atoms with Gasteiger partial charge in [-0.15, -0.1) is 0 Å². The standard InChI is InChI=1S/C17H26N4O5/c1-4-7-13(23)26-10-12(22)8-5-6-9-21-16(24)14-15(18-11-19(14)2)20(3)17(21)25/h11-12,22H,4-10H2,1-3H3. The van der Waals surface area contributed by atoms with Crippen molar-refractivity contribution in [2.75, 3.05) is 6.61 Å². The van der Waals surface area contributed by atoms with Gasteiger partial charge in [0.05, 0.1) is 12.4 Å². The monoisotopic (exact) mass is 366 g/mol. The minimum Gasteiger partial charge on any atom is -0.463 e. The molecule has 0 aliphatic rings. The number of ether oxygens (including phenoxy) is 1. The molecule has 9 nitrogen and oxygen atoms in total. The molecule has 0 aliphatic carbocycles. The molecule has 0 saturated heterocycles. The van der Waals surface area contributed by atoms with E-state index in [4.69, 9.17) is 4.74 Å². The van der Waals surface area contributed by atoms with E-state index in [1.54, 1.807) is 18.7 Å². The van der Waals surface area contributed by atoms with Crippen LogP contribution in [-0.4, -0.2) is 42.5 Å². The fourth-order valence-corrected chi connectivity index (χ4v) is 2.79. The molecule has 2 aromatic rings. The Morgan fingerprint density at radius 2 is 2.04 bits per heavy atom. The van der Waals surface area contributed by atoms with E-state index in [9.17, 15) is 19.5 Å². The summed E-state index contributed by atoms with van der Waals surface area (Å²) in [6.45, 7) is 2.11. The first-order valence-electron chi connectivity index (χ1n) is 8.81. The molecule has 2 heterocycles. The highest BCUT2D eigenvalue weighted by molar-refractivity contribution is 5.70. The van der Waals surface area contributed by atoms with Crippen LogP contribution in [0.15, 0.2) is 15.9 Å². The first-order valence-corrected chi connectivity index (χ1v) is 8.81. The summed E-state index contributed by atoms with van der Waals surface area (Å²) in [5, 5.41) is 9.84. The van der Waals surface area contributed by atoms with E-state index < -0.39 is 11.8 Å². The average molecular weight is 366 g/mol. The van der Waals surface area contributed by atoms with Gasteiger partial charge in [0, 0.05) is 27.1 Å². The lowest BCUT2D eigenvalue weighted by molar-refractivity contribution is -0.146. The zero-order valence-corrected chi connectivity index (χ0v) is 15.5. The molecule has 1 N–H and O–H groups in total. The van der Waals surface area contributed by atoms with E-state index in [1.807, 2.05) is 6.92 Å².